The van der Waals surface area contributed by atoms with Gasteiger partial charge < -0.3 is 10.0 Å². The van der Waals surface area contributed by atoms with Crippen LogP contribution in [0.4, 0.5) is 8.78 Å². The van der Waals surface area contributed by atoms with E-state index in [9.17, 15) is 13.6 Å². The van der Waals surface area contributed by atoms with E-state index in [2.05, 4.69) is 0 Å². The molecule has 1 fully saturated rings. The molecule has 3 nitrogen and oxygen atoms in total. The van der Waals surface area contributed by atoms with Gasteiger partial charge in [0.1, 0.15) is 0 Å². The Morgan fingerprint density at radius 3 is 2.40 bits per heavy atom. The first-order valence-electron chi connectivity index (χ1n) is 2.86. The molecule has 0 aliphatic carbocycles. The molecule has 1 heterocycles. The molecule has 0 radical (unpaired) electrons. The molecule has 0 aromatic carbocycles. The highest BCUT2D eigenvalue weighted by Crippen LogP contribution is 2.10. The molecule has 0 unspecified atom stereocenters. The third-order valence-electron chi connectivity index (χ3n) is 1.36. The van der Waals surface area contributed by atoms with Gasteiger partial charge in [-0.15, -0.1) is 0 Å². The fraction of sp³-hybridized carbons (Fsp3) is 0.800. The van der Waals surface area contributed by atoms with Gasteiger partial charge in [0.25, 0.3) is 5.91 Å². The number of hydrogen-bond donors (Lipinski definition) is 1. The molecule has 0 aromatic rings. The number of aliphatic hydroxyl groups excluding tert-OH is 1. The van der Waals surface area contributed by atoms with Gasteiger partial charge in [0.05, 0.1) is 6.10 Å². The van der Waals surface area contributed by atoms with E-state index < -0.39 is 18.4 Å². The minimum absolute atomic E-state index is 0.0448. The highest BCUT2D eigenvalue weighted by atomic mass is 19.3. The first-order chi connectivity index (χ1) is 4.61. The molecule has 1 amide bonds. The van der Waals surface area contributed by atoms with Crippen LogP contribution in [0.1, 0.15) is 0 Å². The maximum absolute atomic E-state index is 11.6. The Hall–Kier alpha value is -0.710. The number of alkyl halides is 2. The minimum Gasteiger partial charge on any atom is -0.389 e. The zero-order valence-electron chi connectivity index (χ0n) is 5.13. The predicted molar refractivity (Wildman–Crippen MR) is 28.6 cm³/mol. The van der Waals surface area contributed by atoms with Crippen molar-refractivity contribution in [2.45, 2.75) is 12.5 Å². The number of carbonyl (C=O) groups is 1. The van der Waals surface area contributed by atoms with Gasteiger partial charge in [-0.3, -0.25) is 4.79 Å². The van der Waals surface area contributed by atoms with E-state index >= 15 is 0 Å². The number of halogens is 2. The topological polar surface area (TPSA) is 40.5 Å². The molecule has 0 aromatic heterocycles. The Morgan fingerprint density at radius 1 is 1.60 bits per heavy atom. The van der Waals surface area contributed by atoms with Crippen LogP contribution in [-0.4, -0.2) is 41.5 Å². The lowest BCUT2D eigenvalue weighted by atomic mass is 10.2. The maximum atomic E-state index is 11.6. The van der Waals surface area contributed by atoms with Gasteiger partial charge >= 0.3 is 6.43 Å². The molecule has 0 spiro atoms. The van der Waals surface area contributed by atoms with E-state index in [1.807, 2.05) is 0 Å². The second-order valence-corrected chi connectivity index (χ2v) is 2.20. The van der Waals surface area contributed by atoms with Gasteiger partial charge in [-0.25, -0.2) is 0 Å². The van der Waals surface area contributed by atoms with Crippen LogP contribution in [0.2, 0.25) is 0 Å². The smallest absolute Gasteiger partial charge is 0.315 e. The van der Waals surface area contributed by atoms with Gasteiger partial charge in [-0.1, -0.05) is 0 Å². The summed E-state index contributed by atoms with van der Waals surface area (Å²) < 4.78 is 23.1. The monoisotopic (exact) mass is 151 g/mol. The quantitative estimate of drug-likeness (QED) is 0.546. The number of nitrogens with zero attached hydrogens (tertiary/aromatic N) is 1. The van der Waals surface area contributed by atoms with Gasteiger partial charge in [-0.05, 0) is 0 Å². The van der Waals surface area contributed by atoms with Crippen LogP contribution < -0.4 is 0 Å². The number of rotatable bonds is 1. The van der Waals surface area contributed by atoms with Crippen LogP contribution >= 0.6 is 0 Å². The highest BCUT2D eigenvalue weighted by molar-refractivity contribution is 5.80. The van der Waals surface area contributed by atoms with Gasteiger partial charge in [-0.2, -0.15) is 8.78 Å². The molecule has 0 saturated carbocycles. The highest BCUT2D eigenvalue weighted by Gasteiger charge is 2.33. The van der Waals surface area contributed by atoms with Crippen molar-refractivity contribution in [3.63, 3.8) is 0 Å². The first-order valence-corrected chi connectivity index (χ1v) is 2.86. The van der Waals surface area contributed by atoms with Crippen LogP contribution in [0.3, 0.4) is 0 Å². The number of amides is 1. The molecule has 0 bridgehead atoms. The molecule has 1 saturated heterocycles. The number of β-amino-alcohol motifs (C(OH)–C–C–N with tert-alkyl or cyclic N) is 1. The second kappa shape index (κ2) is 2.49. The van der Waals surface area contributed by atoms with Crippen molar-refractivity contribution in [2.24, 2.45) is 0 Å². The van der Waals surface area contributed by atoms with Crippen molar-refractivity contribution in [3.05, 3.63) is 0 Å². The lowest BCUT2D eigenvalue weighted by molar-refractivity contribution is -0.153. The summed E-state index contributed by atoms with van der Waals surface area (Å²) in [6.45, 7) is 0.0896. The lowest BCUT2D eigenvalue weighted by Gasteiger charge is -2.35. The summed E-state index contributed by atoms with van der Waals surface area (Å²) >= 11 is 0. The van der Waals surface area contributed by atoms with Gasteiger partial charge in [0.2, 0.25) is 0 Å². The third-order valence-corrected chi connectivity index (χ3v) is 1.36. The van der Waals surface area contributed by atoms with Crippen molar-refractivity contribution in [1.82, 2.24) is 4.90 Å². The fourth-order valence-electron chi connectivity index (χ4n) is 0.773. The fourth-order valence-corrected chi connectivity index (χ4v) is 0.773. The summed E-state index contributed by atoms with van der Waals surface area (Å²) in [6, 6.07) is 0. The molecule has 1 rings (SSSR count). The molecular weight excluding hydrogens is 144 g/mol. The Bertz CT molecular complexity index is 145. The molecule has 1 aliphatic heterocycles. The summed E-state index contributed by atoms with van der Waals surface area (Å²) in [7, 11) is 0. The molecule has 1 N–H and O–H groups in total. The van der Waals surface area contributed by atoms with Crippen LogP contribution in [0.5, 0.6) is 0 Å². The van der Waals surface area contributed by atoms with Crippen molar-refractivity contribution in [3.8, 4) is 0 Å². The summed E-state index contributed by atoms with van der Waals surface area (Å²) in [5.74, 6) is -1.19. The Kier molecular flexibility index (Phi) is 1.85. The van der Waals surface area contributed by atoms with E-state index in [-0.39, 0.29) is 13.1 Å². The van der Waals surface area contributed by atoms with E-state index in [0.29, 0.717) is 0 Å². The van der Waals surface area contributed by atoms with Crippen LogP contribution in [0.15, 0.2) is 0 Å². The first kappa shape index (κ1) is 7.40. The lowest BCUT2D eigenvalue weighted by Crippen LogP contribution is -2.55. The van der Waals surface area contributed by atoms with Crippen molar-refractivity contribution in [2.75, 3.05) is 13.1 Å². The van der Waals surface area contributed by atoms with E-state index in [1.54, 1.807) is 0 Å². The van der Waals surface area contributed by atoms with Gasteiger partial charge in [0, 0.05) is 13.1 Å². The maximum Gasteiger partial charge on any atom is 0.315 e. The van der Waals surface area contributed by atoms with Crippen LogP contribution in [0.25, 0.3) is 0 Å². The van der Waals surface area contributed by atoms with Crippen molar-refractivity contribution < 1.29 is 18.7 Å². The van der Waals surface area contributed by atoms with Crippen LogP contribution in [-0.2, 0) is 4.79 Å². The number of aliphatic hydroxyl groups is 1. The Labute approximate surface area is 56.2 Å². The van der Waals surface area contributed by atoms with E-state index in [1.165, 1.54) is 0 Å². The summed E-state index contributed by atoms with van der Waals surface area (Å²) in [4.78, 5) is 11.3. The van der Waals surface area contributed by atoms with Crippen molar-refractivity contribution in [1.29, 1.82) is 0 Å². The SMILES string of the molecule is O=C(C(F)F)N1CC(O)C1. The zero-order chi connectivity index (χ0) is 7.72. The van der Waals surface area contributed by atoms with E-state index in [0.717, 1.165) is 4.90 Å². The molecule has 0 atom stereocenters. The van der Waals surface area contributed by atoms with Gasteiger partial charge in [0.15, 0.2) is 0 Å². The number of likely N-dealkylation sites (tertiary alicyclic amines) is 1. The Morgan fingerprint density at radius 2 is 2.10 bits per heavy atom. The number of hydrogen-bond acceptors (Lipinski definition) is 2. The summed E-state index contributed by atoms with van der Waals surface area (Å²) in [5, 5.41) is 8.61. The normalized spacial score (nSPS) is 19.4. The largest absolute Gasteiger partial charge is 0.389 e. The summed E-state index contributed by atoms with van der Waals surface area (Å²) in [5.41, 5.74) is 0. The second-order valence-electron chi connectivity index (χ2n) is 2.20. The average molecular weight is 151 g/mol. The standard InChI is InChI=1S/C5H7F2NO2/c6-4(7)5(10)8-1-3(9)2-8/h3-4,9H,1-2H2. The van der Waals surface area contributed by atoms with Crippen molar-refractivity contribution >= 4 is 5.91 Å². The molecule has 1 aliphatic rings. The summed E-state index contributed by atoms with van der Waals surface area (Å²) in [6.07, 6.45) is -3.55. The predicted octanol–water partition coefficient (Wildman–Crippen LogP) is -0.545. The molecule has 5 heteroatoms. The van der Waals surface area contributed by atoms with E-state index in [4.69, 9.17) is 5.11 Å². The average Bonchev–Trinajstić information content (AvgIpc) is 1.79. The zero-order valence-corrected chi connectivity index (χ0v) is 5.13. The number of carbonyl (C=O) groups excluding carboxylic acids is 1. The Balaban J connectivity index is 2.31. The molecule has 58 valence electrons. The molecule has 10 heavy (non-hydrogen) atoms. The van der Waals surface area contributed by atoms with Crippen LogP contribution in [0, 0.1) is 0 Å². The molecular formula is C5H7F2NO2. The third kappa shape index (κ3) is 1.23. The minimum atomic E-state index is -2.94.